The molecule has 2 nitrogen and oxygen atoms in total. The van der Waals surface area contributed by atoms with Gasteiger partial charge >= 0.3 is 57.4 Å². The Morgan fingerprint density at radius 3 is 2.46 bits per heavy atom. The fourth-order valence-electron chi connectivity index (χ4n) is 0.713. The number of esters is 1. The normalized spacial score (nSPS) is 8.85. The number of carbonyl (C=O) groups is 1. The van der Waals surface area contributed by atoms with Gasteiger partial charge in [0.25, 0.3) is 0 Å². The molecule has 0 atom stereocenters. The van der Waals surface area contributed by atoms with Gasteiger partial charge in [-0.1, -0.05) is 23.2 Å². The van der Waals surface area contributed by atoms with Gasteiger partial charge in [0.15, 0.2) is 0 Å². The second-order valence-electron chi connectivity index (χ2n) is 2.17. The molecule has 0 aliphatic heterocycles. The van der Waals surface area contributed by atoms with E-state index in [0.717, 1.165) is 0 Å². The van der Waals surface area contributed by atoms with Crippen molar-refractivity contribution in [2.75, 3.05) is 0 Å². The predicted molar refractivity (Wildman–Crippen MR) is 54.9 cm³/mol. The predicted octanol–water partition coefficient (Wildman–Crippen LogP) is 2.27. The Hall–Kier alpha value is 0.906. The van der Waals surface area contributed by atoms with Crippen molar-refractivity contribution in [3.8, 4) is 5.75 Å². The standard InChI is InChI=1S/C8H6Cl2O2.K.H/c1-5(11)12-8-3-2-6(9)4-7(8)10;;/h2-4H,1H3;;. The summed E-state index contributed by atoms with van der Waals surface area (Å²) in [7, 11) is 0. The first-order valence-electron chi connectivity index (χ1n) is 3.23. The average Bonchev–Trinajstić information content (AvgIpc) is 1.94. The van der Waals surface area contributed by atoms with E-state index in [1.807, 2.05) is 0 Å². The Morgan fingerprint density at radius 2 is 2.00 bits per heavy atom. The first-order valence-corrected chi connectivity index (χ1v) is 3.98. The first-order chi connectivity index (χ1) is 5.59. The molecule has 0 aromatic heterocycles. The summed E-state index contributed by atoms with van der Waals surface area (Å²) in [4.78, 5) is 10.5. The van der Waals surface area contributed by atoms with Crippen LogP contribution in [-0.4, -0.2) is 57.4 Å². The molecule has 0 bridgehead atoms. The van der Waals surface area contributed by atoms with Crippen LogP contribution in [-0.2, 0) is 4.79 Å². The van der Waals surface area contributed by atoms with Gasteiger partial charge in [0, 0.05) is 11.9 Å². The molecule has 1 rings (SSSR count). The summed E-state index contributed by atoms with van der Waals surface area (Å²) < 4.78 is 4.77. The molecule has 0 radical (unpaired) electrons. The molecule has 66 valence electrons. The zero-order valence-electron chi connectivity index (χ0n) is 6.30. The minimum atomic E-state index is -0.403. The van der Waals surface area contributed by atoms with E-state index in [1.54, 1.807) is 12.1 Å². The van der Waals surface area contributed by atoms with E-state index in [-0.39, 0.29) is 51.4 Å². The molecule has 1 aromatic carbocycles. The number of benzene rings is 1. The number of hydrogen-bond acceptors (Lipinski definition) is 2. The van der Waals surface area contributed by atoms with Crippen molar-refractivity contribution in [2.45, 2.75) is 6.92 Å². The molecule has 0 spiro atoms. The van der Waals surface area contributed by atoms with Crippen molar-refractivity contribution < 1.29 is 9.53 Å². The molecular formula is C8H7Cl2KO2. The van der Waals surface area contributed by atoms with Gasteiger partial charge in [-0.15, -0.1) is 0 Å². The van der Waals surface area contributed by atoms with Crippen molar-refractivity contribution in [3.05, 3.63) is 28.2 Å². The topological polar surface area (TPSA) is 26.3 Å². The van der Waals surface area contributed by atoms with Crippen molar-refractivity contribution in [1.82, 2.24) is 0 Å². The molecule has 0 amide bonds. The Labute approximate surface area is 129 Å². The SMILES string of the molecule is CC(=O)Oc1ccc(Cl)cc1Cl.[KH]. The molecule has 0 aliphatic rings. The van der Waals surface area contributed by atoms with Gasteiger partial charge in [-0.3, -0.25) is 4.79 Å². The summed E-state index contributed by atoms with van der Waals surface area (Å²) in [6, 6.07) is 4.67. The van der Waals surface area contributed by atoms with Crippen LogP contribution in [0.1, 0.15) is 6.92 Å². The van der Waals surface area contributed by atoms with Crippen LogP contribution in [0.15, 0.2) is 18.2 Å². The Balaban J connectivity index is 0.00000144. The number of halogens is 2. The van der Waals surface area contributed by atoms with E-state index in [1.165, 1.54) is 13.0 Å². The van der Waals surface area contributed by atoms with Crippen LogP contribution in [0, 0.1) is 0 Å². The van der Waals surface area contributed by atoms with Gasteiger partial charge < -0.3 is 4.74 Å². The van der Waals surface area contributed by atoms with Crippen LogP contribution in [0.25, 0.3) is 0 Å². The molecule has 0 aliphatic carbocycles. The van der Waals surface area contributed by atoms with Crippen LogP contribution < -0.4 is 4.74 Å². The summed E-state index contributed by atoms with van der Waals surface area (Å²) in [5.74, 6) is -0.0761. The summed E-state index contributed by atoms with van der Waals surface area (Å²) in [6.45, 7) is 1.31. The quantitative estimate of drug-likeness (QED) is 0.431. The maximum atomic E-state index is 10.5. The summed E-state index contributed by atoms with van der Waals surface area (Å²) >= 11 is 11.3. The zero-order chi connectivity index (χ0) is 9.14. The summed E-state index contributed by atoms with van der Waals surface area (Å²) in [5.41, 5.74) is 0. The molecule has 0 unspecified atom stereocenters. The molecule has 0 fully saturated rings. The van der Waals surface area contributed by atoms with Crippen molar-refractivity contribution in [2.24, 2.45) is 0 Å². The van der Waals surface area contributed by atoms with E-state index in [4.69, 9.17) is 27.9 Å². The second kappa shape index (κ2) is 6.40. The molecule has 0 saturated heterocycles. The van der Waals surface area contributed by atoms with E-state index in [0.29, 0.717) is 15.8 Å². The third-order valence-corrected chi connectivity index (χ3v) is 1.68. The zero-order valence-corrected chi connectivity index (χ0v) is 7.82. The Morgan fingerprint density at radius 1 is 1.38 bits per heavy atom. The molecule has 0 heterocycles. The number of rotatable bonds is 1. The maximum absolute atomic E-state index is 10.5. The second-order valence-corrected chi connectivity index (χ2v) is 3.01. The number of hydrogen-bond donors (Lipinski definition) is 0. The van der Waals surface area contributed by atoms with E-state index in [2.05, 4.69) is 0 Å². The Bertz CT molecular complexity index is 315. The fourth-order valence-corrected chi connectivity index (χ4v) is 1.16. The van der Waals surface area contributed by atoms with E-state index >= 15 is 0 Å². The monoisotopic (exact) mass is 244 g/mol. The van der Waals surface area contributed by atoms with Gasteiger partial charge in [0.05, 0.1) is 5.02 Å². The third-order valence-electron chi connectivity index (χ3n) is 1.15. The van der Waals surface area contributed by atoms with E-state index in [9.17, 15) is 4.79 Å². The third kappa shape index (κ3) is 4.79. The van der Waals surface area contributed by atoms with Gasteiger partial charge in [0.2, 0.25) is 0 Å². The summed E-state index contributed by atoms with van der Waals surface area (Å²) in [6.07, 6.45) is 0. The van der Waals surface area contributed by atoms with Crippen LogP contribution in [0.5, 0.6) is 5.75 Å². The fraction of sp³-hybridized carbons (Fsp3) is 0.125. The van der Waals surface area contributed by atoms with Crippen molar-refractivity contribution >= 4 is 80.6 Å². The van der Waals surface area contributed by atoms with Crippen LogP contribution in [0.3, 0.4) is 0 Å². The van der Waals surface area contributed by atoms with Gasteiger partial charge in [-0.2, -0.15) is 0 Å². The van der Waals surface area contributed by atoms with E-state index < -0.39 is 5.97 Å². The molecule has 0 saturated carbocycles. The molecule has 1 aromatic rings. The first kappa shape index (κ1) is 13.9. The van der Waals surface area contributed by atoms with Gasteiger partial charge in [-0.05, 0) is 18.2 Å². The Kier molecular flexibility index (Phi) is 6.85. The number of carbonyl (C=O) groups excluding carboxylic acids is 1. The van der Waals surface area contributed by atoms with Crippen molar-refractivity contribution in [1.29, 1.82) is 0 Å². The van der Waals surface area contributed by atoms with Gasteiger partial charge in [-0.25, -0.2) is 0 Å². The average molecular weight is 245 g/mol. The van der Waals surface area contributed by atoms with Gasteiger partial charge in [0.1, 0.15) is 5.75 Å². The minimum absolute atomic E-state index is 0. The molecular weight excluding hydrogens is 238 g/mol. The van der Waals surface area contributed by atoms with Crippen molar-refractivity contribution in [3.63, 3.8) is 0 Å². The molecule has 5 heteroatoms. The van der Waals surface area contributed by atoms with Crippen LogP contribution >= 0.6 is 23.2 Å². The molecule has 13 heavy (non-hydrogen) atoms. The number of ether oxygens (including phenoxy) is 1. The molecule has 0 N–H and O–H groups in total. The van der Waals surface area contributed by atoms with Crippen LogP contribution in [0.4, 0.5) is 0 Å². The summed E-state index contributed by atoms with van der Waals surface area (Å²) in [5, 5.41) is 0.841. The van der Waals surface area contributed by atoms with Crippen LogP contribution in [0.2, 0.25) is 10.0 Å².